The average molecular weight is 296 g/mol. The van der Waals surface area contributed by atoms with Gasteiger partial charge < -0.3 is 4.74 Å². The van der Waals surface area contributed by atoms with Crippen molar-refractivity contribution < 1.29 is 4.74 Å². The van der Waals surface area contributed by atoms with Crippen molar-refractivity contribution in [1.29, 1.82) is 0 Å². The average Bonchev–Trinajstić information content (AvgIpc) is 2.78. The summed E-state index contributed by atoms with van der Waals surface area (Å²) in [5.74, 6) is 1.02. The molecule has 1 nitrogen and oxygen atoms in total. The van der Waals surface area contributed by atoms with Crippen molar-refractivity contribution in [3.63, 3.8) is 0 Å². The molecule has 0 amide bonds. The van der Waals surface area contributed by atoms with E-state index < -0.39 is 8.07 Å². The second kappa shape index (κ2) is 5.02. The summed E-state index contributed by atoms with van der Waals surface area (Å²) < 4.78 is 5.69. The Labute approximate surface area is 129 Å². The third kappa shape index (κ3) is 1.75. The van der Waals surface area contributed by atoms with Crippen LogP contribution in [0.25, 0.3) is 11.1 Å². The van der Waals surface area contributed by atoms with Crippen LogP contribution in [0.5, 0.6) is 5.75 Å². The van der Waals surface area contributed by atoms with Gasteiger partial charge in [-0.1, -0.05) is 64.1 Å². The maximum Gasteiger partial charge on any atom is 0.126 e. The van der Waals surface area contributed by atoms with Gasteiger partial charge in [-0.05, 0) is 33.1 Å². The number of benzene rings is 2. The minimum atomic E-state index is -1.76. The highest BCUT2D eigenvalue weighted by Gasteiger charge is 2.50. The highest BCUT2D eigenvalue weighted by molar-refractivity contribution is 7.07. The van der Waals surface area contributed by atoms with E-state index in [-0.39, 0.29) is 0 Å². The van der Waals surface area contributed by atoms with Gasteiger partial charge in [0.25, 0.3) is 0 Å². The third-order valence-corrected chi connectivity index (χ3v) is 11.4. The molecule has 1 aliphatic heterocycles. The number of fused-ring (bicyclic) bond motifs is 3. The standard InChI is InChI=1S/C19H24OSi/c1-13(2)21(14(3)4)17-11-7-6-9-15(17)19-16(20-5)10-8-12-18(19)21/h6-14H,1-5H3. The number of ether oxygens (including phenoxy) is 1. The van der Waals surface area contributed by atoms with Gasteiger partial charge in [-0.15, -0.1) is 0 Å². The van der Waals surface area contributed by atoms with E-state index in [9.17, 15) is 0 Å². The molecular weight excluding hydrogens is 272 g/mol. The zero-order chi connectivity index (χ0) is 15.2. The van der Waals surface area contributed by atoms with E-state index in [4.69, 9.17) is 4.74 Å². The molecule has 1 aliphatic rings. The molecule has 0 saturated heterocycles. The molecule has 0 N–H and O–H groups in total. The summed E-state index contributed by atoms with van der Waals surface area (Å²) in [6.45, 7) is 9.60. The van der Waals surface area contributed by atoms with E-state index in [1.807, 2.05) is 0 Å². The summed E-state index contributed by atoms with van der Waals surface area (Å²) in [5, 5.41) is 3.16. The van der Waals surface area contributed by atoms with Crippen LogP contribution < -0.4 is 15.1 Å². The highest BCUT2D eigenvalue weighted by atomic mass is 28.3. The Morgan fingerprint density at radius 3 is 2.05 bits per heavy atom. The van der Waals surface area contributed by atoms with Gasteiger partial charge in [0.1, 0.15) is 13.8 Å². The summed E-state index contributed by atoms with van der Waals surface area (Å²) in [5.41, 5.74) is 4.10. The lowest BCUT2D eigenvalue weighted by Crippen LogP contribution is -2.59. The van der Waals surface area contributed by atoms with Crippen molar-refractivity contribution in [2.24, 2.45) is 0 Å². The van der Waals surface area contributed by atoms with Crippen molar-refractivity contribution in [3.8, 4) is 16.9 Å². The van der Waals surface area contributed by atoms with Gasteiger partial charge in [-0.25, -0.2) is 0 Å². The van der Waals surface area contributed by atoms with Gasteiger partial charge in [-0.2, -0.15) is 0 Å². The van der Waals surface area contributed by atoms with E-state index in [0.717, 1.165) is 5.75 Å². The summed E-state index contributed by atoms with van der Waals surface area (Å²) in [7, 11) is 0.0263. The van der Waals surface area contributed by atoms with E-state index in [0.29, 0.717) is 11.1 Å². The summed E-state index contributed by atoms with van der Waals surface area (Å²) >= 11 is 0. The summed E-state index contributed by atoms with van der Waals surface area (Å²) in [6.07, 6.45) is 0. The normalized spacial score (nSPS) is 15.2. The monoisotopic (exact) mass is 296 g/mol. The van der Waals surface area contributed by atoms with Crippen molar-refractivity contribution in [2.75, 3.05) is 7.11 Å². The second-order valence-electron chi connectivity index (χ2n) is 6.61. The molecule has 0 saturated carbocycles. The van der Waals surface area contributed by atoms with Crippen LogP contribution in [0.2, 0.25) is 11.1 Å². The van der Waals surface area contributed by atoms with Crippen molar-refractivity contribution in [1.82, 2.24) is 0 Å². The summed E-state index contributed by atoms with van der Waals surface area (Å²) in [6, 6.07) is 15.6. The molecule has 0 bridgehead atoms. The molecule has 0 radical (unpaired) electrons. The molecule has 2 aromatic carbocycles. The molecular formula is C19H24OSi. The first-order valence-corrected chi connectivity index (χ1v) is 9.98. The Morgan fingerprint density at radius 1 is 0.810 bits per heavy atom. The van der Waals surface area contributed by atoms with Crippen LogP contribution in [-0.4, -0.2) is 15.2 Å². The Balaban J connectivity index is 2.45. The van der Waals surface area contributed by atoms with Crippen LogP contribution in [0.4, 0.5) is 0 Å². The van der Waals surface area contributed by atoms with Crippen LogP contribution in [0, 0.1) is 0 Å². The topological polar surface area (TPSA) is 9.23 Å². The van der Waals surface area contributed by atoms with Crippen LogP contribution in [0.1, 0.15) is 27.7 Å². The Hall–Kier alpha value is -1.54. The fourth-order valence-electron chi connectivity index (χ4n) is 4.44. The van der Waals surface area contributed by atoms with Gasteiger partial charge in [0, 0.05) is 5.56 Å². The number of hydrogen-bond donors (Lipinski definition) is 0. The zero-order valence-corrected chi connectivity index (χ0v) is 14.6. The van der Waals surface area contributed by atoms with Gasteiger partial charge >= 0.3 is 0 Å². The van der Waals surface area contributed by atoms with Crippen molar-refractivity contribution >= 4 is 18.4 Å². The van der Waals surface area contributed by atoms with E-state index in [1.54, 1.807) is 17.5 Å². The summed E-state index contributed by atoms with van der Waals surface area (Å²) in [4.78, 5) is 0. The molecule has 2 heteroatoms. The minimum Gasteiger partial charge on any atom is -0.496 e. The molecule has 0 aromatic heterocycles. The molecule has 0 aliphatic carbocycles. The molecule has 0 atom stereocenters. The van der Waals surface area contributed by atoms with Crippen molar-refractivity contribution in [3.05, 3.63) is 42.5 Å². The van der Waals surface area contributed by atoms with Gasteiger partial charge in [-0.3, -0.25) is 0 Å². The maximum absolute atomic E-state index is 5.69. The smallest absolute Gasteiger partial charge is 0.126 e. The Morgan fingerprint density at radius 2 is 1.43 bits per heavy atom. The Kier molecular flexibility index (Phi) is 3.44. The number of rotatable bonds is 3. The molecule has 3 rings (SSSR count). The largest absolute Gasteiger partial charge is 0.496 e. The van der Waals surface area contributed by atoms with Gasteiger partial charge in [0.2, 0.25) is 0 Å². The molecule has 2 aromatic rings. The lowest BCUT2D eigenvalue weighted by Gasteiger charge is -2.37. The lowest BCUT2D eigenvalue weighted by atomic mass is 10.1. The number of hydrogen-bond acceptors (Lipinski definition) is 1. The fraction of sp³-hybridized carbons (Fsp3) is 0.368. The fourth-order valence-corrected chi connectivity index (χ4v) is 10.6. The van der Waals surface area contributed by atoms with E-state index >= 15 is 0 Å². The molecule has 0 spiro atoms. The first kappa shape index (κ1) is 14.4. The van der Waals surface area contributed by atoms with Crippen LogP contribution >= 0.6 is 0 Å². The van der Waals surface area contributed by atoms with E-state index in [1.165, 1.54) is 11.1 Å². The Bertz CT molecular complexity index is 665. The minimum absolute atomic E-state index is 0.673. The molecule has 21 heavy (non-hydrogen) atoms. The molecule has 1 heterocycles. The SMILES string of the molecule is COc1cccc2c1-c1ccccc1[Si]2(C(C)C)C(C)C. The second-order valence-corrected chi connectivity index (χ2v) is 11.7. The first-order chi connectivity index (χ1) is 10.0. The van der Waals surface area contributed by atoms with Crippen molar-refractivity contribution in [2.45, 2.75) is 38.8 Å². The van der Waals surface area contributed by atoms with Gasteiger partial charge in [0.05, 0.1) is 7.11 Å². The van der Waals surface area contributed by atoms with Gasteiger partial charge in [0.15, 0.2) is 0 Å². The number of methoxy groups -OCH3 is 1. The predicted molar refractivity (Wildman–Crippen MR) is 93.6 cm³/mol. The quantitative estimate of drug-likeness (QED) is 0.776. The zero-order valence-electron chi connectivity index (χ0n) is 13.6. The van der Waals surface area contributed by atoms with Crippen LogP contribution in [0.3, 0.4) is 0 Å². The van der Waals surface area contributed by atoms with Crippen LogP contribution in [-0.2, 0) is 0 Å². The third-order valence-electron chi connectivity index (χ3n) is 5.16. The lowest BCUT2D eigenvalue weighted by molar-refractivity contribution is 0.417. The first-order valence-electron chi connectivity index (χ1n) is 7.82. The van der Waals surface area contributed by atoms with Crippen LogP contribution in [0.15, 0.2) is 42.5 Å². The molecule has 110 valence electrons. The maximum atomic E-state index is 5.69. The molecule has 0 unspecified atom stereocenters. The van der Waals surface area contributed by atoms with E-state index in [2.05, 4.69) is 70.2 Å². The molecule has 0 fully saturated rings. The highest BCUT2D eigenvalue weighted by Crippen LogP contribution is 2.43. The predicted octanol–water partition coefficient (Wildman–Crippen LogP) is 4.06.